The molecular weight excluding hydrogens is 476 g/mol. The number of aromatic amines is 1. The molecule has 0 amide bonds. The Morgan fingerprint density at radius 1 is 0.972 bits per heavy atom. The summed E-state index contributed by atoms with van der Waals surface area (Å²) in [5.41, 5.74) is 9.11. The highest BCUT2D eigenvalue weighted by atomic mass is 32.2. The highest BCUT2D eigenvalue weighted by molar-refractivity contribution is 7.90. The summed E-state index contributed by atoms with van der Waals surface area (Å²) in [7, 11) is -4.07. The number of hydrogen-bond donors (Lipinski definition) is 2. The summed E-state index contributed by atoms with van der Waals surface area (Å²) in [5, 5.41) is 4.94. The number of anilines is 1. The summed E-state index contributed by atoms with van der Waals surface area (Å²) >= 11 is 0. The number of aryl methyl sites for hydroxylation is 1. The SMILES string of the molecule is Cc1nc2ccc(-n3ncc(C(=O)c4cc5ccccc5n4S(=O)(=O)c4ccccc4)c3N)cc2[nH]1. The van der Waals surface area contributed by atoms with Crippen molar-refractivity contribution < 1.29 is 13.2 Å². The topological polar surface area (TPSA) is 129 Å². The second kappa shape index (κ2) is 7.92. The van der Waals surface area contributed by atoms with Gasteiger partial charge in [0.15, 0.2) is 0 Å². The van der Waals surface area contributed by atoms with Gasteiger partial charge in [-0.05, 0) is 49.4 Å². The van der Waals surface area contributed by atoms with Crippen LogP contribution in [0.25, 0.3) is 27.6 Å². The lowest BCUT2D eigenvalue weighted by molar-refractivity contribution is 0.103. The molecule has 0 aliphatic rings. The number of imidazole rings is 1. The van der Waals surface area contributed by atoms with Crippen LogP contribution in [0.3, 0.4) is 0 Å². The Hall–Kier alpha value is -4.70. The van der Waals surface area contributed by atoms with E-state index in [-0.39, 0.29) is 22.0 Å². The van der Waals surface area contributed by atoms with Crippen molar-refractivity contribution in [1.82, 2.24) is 23.7 Å². The number of nitrogens with one attached hydrogen (secondary N) is 1. The number of para-hydroxylation sites is 1. The molecule has 9 nitrogen and oxygen atoms in total. The van der Waals surface area contributed by atoms with E-state index in [9.17, 15) is 13.2 Å². The minimum atomic E-state index is -4.07. The predicted molar refractivity (Wildman–Crippen MR) is 137 cm³/mol. The van der Waals surface area contributed by atoms with Crippen LogP contribution in [0.15, 0.2) is 90.0 Å². The first-order valence-corrected chi connectivity index (χ1v) is 12.5. The molecule has 6 aromatic rings. The number of aromatic nitrogens is 5. The molecule has 3 aromatic carbocycles. The van der Waals surface area contributed by atoms with Gasteiger partial charge < -0.3 is 10.7 Å². The molecule has 3 aromatic heterocycles. The Balaban J connectivity index is 1.50. The summed E-state index contributed by atoms with van der Waals surface area (Å²) in [4.78, 5) is 21.4. The third-order valence-electron chi connectivity index (χ3n) is 6.06. The Labute approximate surface area is 205 Å². The normalized spacial score (nSPS) is 11.9. The molecular formula is C26H20N6O3S. The lowest BCUT2D eigenvalue weighted by Crippen LogP contribution is -2.19. The molecule has 0 saturated heterocycles. The third kappa shape index (κ3) is 3.30. The van der Waals surface area contributed by atoms with Gasteiger partial charge in [-0.1, -0.05) is 36.4 Å². The van der Waals surface area contributed by atoms with Crippen molar-refractivity contribution in [3.05, 3.63) is 102 Å². The van der Waals surface area contributed by atoms with Gasteiger partial charge in [0.2, 0.25) is 5.78 Å². The summed E-state index contributed by atoms with van der Waals surface area (Å²) < 4.78 is 29.8. The average molecular weight is 497 g/mol. The van der Waals surface area contributed by atoms with Crippen LogP contribution in [0.5, 0.6) is 0 Å². The number of benzene rings is 3. The van der Waals surface area contributed by atoms with Crippen LogP contribution in [0.1, 0.15) is 21.9 Å². The minimum Gasteiger partial charge on any atom is -0.383 e. The van der Waals surface area contributed by atoms with Crippen molar-refractivity contribution in [2.45, 2.75) is 11.8 Å². The molecule has 0 saturated carbocycles. The minimum absolute atomic E-state index is 0.0223. The zero-order valence-corrected chi connectivity index (χ0v) is 19.9. The van der Waals surface area contributed by atoms with Crippen LogP contribution < -0.4 is 5.73 Å². The summed E-state index contributed by atoms with van der Waals surface area (Å²) in [6.07, 6.45) is 1.36. The van der Waals surface area contributed by atoms with Crippen LogP contribution in [-0.4, -0.2) is 37.9 Å². The fourth-order valence-electron chi connectivity index (χ4n) is 4.38. The first-order valence-electron chi connectivity index (χ1n) is 11.1. The Kier molecular flexibility index (Phi) is 4.80. The zero-order valence-electron chi connectivity index (χ0n) is 19.1. The van der Waals surface area contributed by atoms with Crippen molar-refractivity contribution in [2.24, 2.45) is 0 Å². The van der Waals surface area contributed by atoms with Crippen LogP contribution in [0.2, 0.25) is 0 Å². The molecule has 0 unspecified atom stereocenters. The van der Waals surface area contributed by atoms with Gasteiger partial charge in [-0.25, -0.2) is 22.1 Å². The Morgan fingerprint density at radius 3 is 2.53 bits per heavy atom. The fraction of sp³-hybridized carbons (Fsp3) is 0.0385. The first kappa shape index (κ1) is 21.8. The lowest BCUT2D eigenvalue weighted by atomic mass is 10.1. The smallest absolute Gasteiger partial charge is 0.268 e. The van der Waals surface area contributed by atoms with Gasteiger partial charge in [0.05, 0.1) is 38.9 Å². The second-order valence-electron chi connectivity index (χ2n) is 8.38. The highest BCUT2D eigenvalue weighted by Gasteiger charge is 2.29. The second-order valence-corrected chi connectivity index (χ2v) is 10.2. The van der Waals surface area contributed by atoms with E-state index in [0.29, 0.717) is 16.6 Å². The number of hydrogen-bond acceptors (Lipinski definition) is 6. The van der Waals surface area contributed by atoms with Crippen LogP contribution >= 0.6 is 0 Å². The van der Waals surface area contributed by atoms with Crippen molar-refractivity contribution in [3.63, 3.8) is 0 Å². The van der Waals surface area contributed by atoms with E-state index in [1.54, 1.807) is 54.6 Å². The van der Waals surface area contributed by atoms with Gasteiger partial charge >= 0.3 is 0 Å². The summed E-state index contributed by atoms with van der Waals surface area (Å²) in [6, 6.07) is 22.0. The number of carbonyl (C=O) groups excluding carboxylic acids is 1. The van der Waals surface area contributed by atoms with E-state index < -0.39 is 15.8 Å². The third-order valence-corrected chi connectivity index (χ3v) is 7.80. The number of nitrogen functional groups attached to an aromatic ring is 1. The lowest BCUT2D eigenvalue weighted by Gasteiger charge is -2.11. The molecule has 36 heavy (non-hydrogen) atoms. The Bertz CT molecular complexity index is 1900. The van der Waals surface area contributed by atoms with Gasteiger partial charge in [0.1, 0.15) is 17.3 Å². The number of fused-ring (bicyclic) bond motifs is 2. The first-order chi connectivity index (χ1) is 17.3. The van der Waals surface area contributed by atoms with Gasteiger partial charge in [0, 0.05) is 5.39 Å². The Morgan fingerprint density at radius 2 is 1.72 bits per heavy atom. The van der Waals surface area contributed by atoms with Crippen molar-refractivity contribution in [1.29, 1.82) is 0 Å². The number of carbonyl (C=O) groups is 1. The molecule has 0 atom stereocenters. The molecule has 0 spiro atoms. The standard InChI is InChI=1S/C26H20N6O3S/c1-16-29-21-12-11-18(14-22(21)30-16)31-26(27)20(15-28-31)25(33)24-13-17-7-5-6-10-23(17)32(24)36(34,35)19-8-3-2-4-9-19/h2-15H,27H2,1H3,(H,29,30). The van der Waals surface area contributed by atoms with Crippen molar-refractivity contribution in [2.75, 3.05) is 5.73 Å². The van der Waals surface area contributed by atoms with Crippen molar-refractivity contribution in [3.8, 4) is 5.69 Å². The van der Waals surface area contributed by atoms with Gasteiger partial charge in [-0.3, -0.25) is 4.79 Å². The van der Waals surface area contributed by atoms with E-state index in [4.69, 9.17) is 5.73 Å². The number of rotatable bonds is 5. The molecule has 0 radical (unpaired) electrons. The fourth-order valence-corrected chi connectivity index (χ4v) is 5.91. The molecule has 0 aliphatic carbocycles. The zero-order chi connectivity index (χ0) is 25.0. The highest BCUT2D eigenvalue weighted by Crippen LogP contribution is 2.29. The maximum Gasteiger partial charge on any atom is 0.268 e. The van der Waals surface area contributed by atoms with E-state index >= 15 is 0 Å². The molecule has 0 bridgehead atoms. The van der Waals surface area contributed by atoms with Gasteiger partial charge in [0.25, 0.3) is 10.0 Å². The van der Waals surface area contributed by atoms with Crippen LogP contribution in [-0.2, 0) is 10.0 Å². The quantitative estimate of drug-likeness (QED) is 0.346. The molecule has 3 N–H and O–H groups in total. The largest absolute Gasteiger partial charge is 0.383 e. The summed E-state index contributed by atoms with van der Waals surface area (Å²) in [5.74, 6) is 0.330. The van der Waals surface area contributed by atoms with Crippen molar-refractivity contribution >= 4 is 43.6 Å². The molecule has 0 aliphatic heterocycles. The monoisotopic (exact) mass is 496 g/mol. The van der Waals surface area contributed by atoms with E-state index in [1.807, 2.05) is 19.1 Å². The maximum absolute atomic E-state index is 13.8. The average Bonchev–Trinajstić information content (AvgIpc) is 3.57. The van der Waals surface area contributed by atoms with Gasteiger partial charge in [-0.2, -0.15) is 5.10 Å². The molecule has 6 rings (SSSR count). The number of ketones is 1. The molecule has 3 heterocycles. The van der Waals surface area contributed by atoms with Crippen LogP contribution in [0.4, 0.5) is 5.82 Å². The number of nitrogens with two attached hydrogens (primary N) is 1. The van der Waals surface area contributed by atoms with E-state index in [0.717, 1.165) is 20.8 Å². The van der Waals surface area contributed by atoms with Crippen LogP contribution in [0, 0.1) is 6.92 Å². The summed E-state index contributed by atoms with van der Waals surface area (Å²) in [6.45, 7) is 1.86. The van der Waals surface area contributed by atoms with E-state index in [1.165, 1.54) is 23.0 Å². The maximum atomic E-state index is 13.8. The van der Waals surface area contributed by atoms with Gasteiger partial charge in [-0.15, -0.1) is 0 Å². The number of nitrogens with zero attached hydrogens (tertiary/aromatic N) is 4. The molecule has 10 heteroatoms. The molecule has 178 valence electrons. The predicted octanol–water partition coefficient (Wildman–Crippen LogP) is 4.06. The number of H-pyrrole nitrogens is 1. The molecule has 0 fully saturated rings. The van der Waals surface area contributed by atoms with E-state index in [2.05, 4.69) is 15.1 Å².